The van der Waals surface area contributed by atoms with E-state index in [1.807, 2.05) is 0 Å². The van der Waals surface area contributed by atoms with Crippen molar-refractivity contribution in [3.8, 4) is 5.75 Å². The highest BCUT2D eigenvalue weighted by Gasteiger charge is 2.25. The number of aryl methyl sites for hydroxylation is 2. The maximum absolute atomic E-state index is 11.3. The van der Waals surface area contributed by atoms with E-state index in [9.17, 15) is 4.79 Å². The number of piperidine rings is 1. The molecule has 2 atom stereocenters. The Labute approximate surface area is 126 Å². The van der Waals surface area contributed by atoms with Gasteiger partial charge in [-0.1, -0.05) is 6.07 Å². The third-order valence-electron chi connectivity index (χ3n) is 4.60. The second-order valence-corrected chi connectivity index (χ2v) is 6.22. The predicted molar refractivity (Wildman–Crippen MR) is 82.6 cm³/mol. The van der Waals surface area contributed by atoms with Crippen LogP contribution in [-0.2, 0) is 4.79 Å². The van der Waals surface area contributed by atoms with Crippen molar-refractivity contribution in [1.82, 2.24) is 10.6 Å². The number of fused-ring (bicyclic) bond motifs is 1. The van der Waals surface area contributed by atoms with Crippen LogP contribution < -0.4 is 15.4 Å². The normalized spacial score (nSPS) is 25.5. The zero-order valence-corrected chi connectivity index (χ0v) is 12.9. The van der Waals surface area contributed by atoms with Crippen molar-refractivity contribution in [1.29, 1.82) is 0 Å². The first-order chi connectivity index (χ1) is 10.1. The number of benzene rings is 1. The van der Waals surface area contributed by atoms with Crippen LogP contribution in [0.1, 0.15) is 48.4 Å². The van der Waals surface area contributed by atoms with Gasteiger partial charge in [-0.2, -0.15) is 0 Å². The third kappa shape index (κ3) is 3.21. The standard InChI is InChI=1S/C17H24N2O2/c1-11-8-14-15(19-13-5-6-17(20)18-10-13)4-3-7-21-16(14)9-12(11)2/h8-9,13,15,19H,3-7,10H2,1-2H3,(H,18,20)/t13-,15-/m0/s1. The number of ether oxygens (including phenoxy) is 1. The first kappa shape index (κ1) is 14.4. The molecule has 114 valence electrons. The molecule has 0 aliphatic carbocycles. The van der Waals surface area contributed by atoms with Gasteiger partial charge in [-0.3, -0.25) is 4.79 Å². The van der Waals surface area contributed by atoms with E-state index in [-0.39, 0.29) is 5.91 Å². The van der Waals surface area contributed by atoms with E-state index in [1.54, 1.807) is 0 Å². The maximum Gasteiger partial charge on any atom is 0.220 e. The first-order valence-electron chi connectivity index (χ1n) is 7.90. The number of carbonyl (C=O) groups is 1. The molecule has 1 amide bonds. The SMILES string of the molecule is Cc1cc2c(cc1C)[C@@H](N[C@H]1CCC(=O)NC1)CCCO2. The van der Waals surface area contributed by atoms with Gasteiger partial charge in [-0.25, -0.2) is 0 Å². The van der Waals surface area contributed by atoms with Gasteiger partial charge >= 0.3 is 0 Å². The lowest BCUT2D eigenvalue weighted by Gasteiger charge is -2.29. The quantitative estimate of drug-likeness (QED) is 0.878. The van der Waals surface area contributed by atoms with Crippen molar-refractivity contribution in [2.45, 2.75) is 51.6 Å². The zero-order valence-electron chi connectivity index (χ0n) is 12.9. The monoisotopic (exact) mass is 288 g/mol. The fraction of sp³-hybridized carbons (Fsp3) is 0.588. The van der Waals surface area contributed by atoms with Crippen LogP contribution in [0.4, 0.5) is 0 Å². The predicted octanol–water partition coefficient (Wildman–Crippen LogP) is 2.39. The number of hydrogen-bond acceptors (Lipinski definition) is 3. The van der Waals surface area contributed by atoms with Crippen LogP contribution in [0.5, 0.6) is 5.75 Å². The van der Waals surface area contributed by atoms with E-state index in [0.29, 0.717) is 18.5 Å². The summed E-state index contributed by atoms with van der Waals surface area (Å²) in [5, 5.41) is 6.68. The average molecular weight is 288 g/mol. The Hall–Kier alpha value is -1.55. The Morgan fingerprint density at radius 2 is 2.05 bits per heavy atom. The molecule has 0 spiro atoms. The molecule has 1 aromatic carbocycles. The van der Waals surface area contributed by atoms with Crippen LogP contribution in [0.3, 0.4) is 0 Å². The fourth-order valence-corrected chi connectivity index (χ4v) is 3.17. The number of nitrogens with one attached hydrogen (secondary N) is 2. The molecule has 0 bridgehead atoms. The highest BCUT2D eigenvalue weighted by atomic mass is 16.5. The molecule has 4 heteroatoms. The molecule has 1 aromatic rings. The van der Waals surface area contributed by atoms with Crippen molar-refractivity contribution in [2.75, 3.05) is 13.2 Å². The summed E-state index contributed by atoms with van der Waals surface area (Å²) in [7, 11) is 0. The summed E-state index contributed by atoms with van der Waals surface area (Å²) in [5.74, 6) is 1.19. The van der Waals surface area contributed by atoms with Gasteiger partial charge in [0.15, 0.2) is 0 Å². The minimum atomic E-state index is 0.170. The fourth-order valence-electron chi connectivity index (χ4n) is 3.17. The second kappa shape index (κ2) is 6.06. The molecule has 1 saturated heterocycles. The molecule has 2 heterocycles. The molecule has 4 nitrogen and oxygen atoms in total. The lowest BCUT2D eigenvalue weighted by Crippen LogP contribution is -2.46. The molecular formula is C17H24N2O2. The topological polar surface area (TPSA) is 50.4 Å². The Balaban J connectivity index is 1.79. The minimum Gasteiger partial charge on any atom is -0.493 e. The Bertz CT molecular complexity index is 532. The molecule has 21 heavy (non-hydrogen) atoms. The molecular weight excluding hydrogens is 264 g/mol. The molecule has 3 rings (SSSR count). The van der Waals surface area contributed by atoms with E-state index >= 15 is 0 Å². The molecule has 0 radical (unpaired) electrons. The average Bonchev–Trinajstić information content (AvgIpc) is 2.65. The summed E-state index contributed by atoms with van der Waals surface area (Å²) < 4.78 is 5.91. The largest absolute Gasteiger partial charge is 0.493 e. The summed E-state index contributed by atoms with van der Waals surface area (Å²) >= 11 is 0. The van der Waals surface area contributed by atoms with Crippen LogP contribution in [0.2, 0.25) is 0 Å². The Kier molecular flexibility index (Phi) is 4.15. The Morgan fingerprint density at radius 3 is 2.81 bits per heavy atom. The number of hydrogen-bond donors (Lipinski definition) is 2. The van der Waals surface area contributed by atoms with Crippen molar-refractivity contribution in [3.05, 3.63) is 28.8 Å². The number of amides is 1. The molecule has 2 N–H and O–H groups in total. The van der Waals surface area contributed by atoms with Gasteiger partial charge in [0.2, 0.25) is 5.91 Å². The van der Waals surface area contributed by atoms with Gasteiger partial charge in [0.05, 0.1) is 6.61 Å². The molecule has 0 aromatic heterocycles. The minimum absolute atomic E-state index is 0.170. The van der Waals surface area contributed by atoms with Gasteiger partial charge in [-0.15, -0.1) is 0 Å². The van der Waals surface area contributed by atoms with E-state index < -0.39 is 0 Å². The van der Waals surface area contributed by atoms with Crippen molar-refractivity contribution in [3.63, 3.8) is 0 Å². The summed E-state index contributed by atoms with van der Waals surface area (Å²) in [6, 6.07) is 5.10. The van der Waals surface area contributed by atoms with Gasteiger partial charge in [-0.05, 0) is 50.3 Å². The van der Waals surface area contributed by atoms with E-state index in [4.69, 9.17) is 4.74 Å². The van der Waals surface area contributed by atoms with Gasteiger partial charge in [0.1, 0.15) is 5.75 Å². The number of carbonyl (C=O) groups excluding carboxylic acids is 1. The van der Waals surface area contributed by atoms with E-state index in [1.165, 1.54) is 16.7 Å². The van der Waals surface area contributed by atoms with E-state index in [0.717, 1.165) is 38.2 Å². The van der Waals surface area contributed by atoms with Crippen molar-refractivity contribution >= 4 is 5.91 Å². The maximum atomic E-state index is 11.3. The Morgan fingerprint density at radius 1 is 1.24 bits per heavy atom. The number of rotatable bonds is 2. The molecule has 0 saturated carbocycles. The molecule has 0 unspecified atom stereocenters. The van der Waals surface area contributed by atoms with Crippen molar-refractivity contribution < 1.29 is 9.53 Å². The summed E-state index contributed by atoms with van der Waals surface area (Å²) in [5.41, 5.74) is 3.86. The third-order valence-corrected chi connectivity index (χ3v) is 4.60. The van der Waals surface area contributed by atoms with Crippen molar-refractivity contribution in [2.24, 2.45) is 0 Å². The van der Waals surface area contributed by atoms with Crippen LogP contribution in [0.15, 0.2) is 12.1 Å². The highest BCUT2D eigenvalue weighted by Crippen LogP contribution is 2.34. The first-order valence-corrected chi connectivity index (χ1v) is 7.90. The molecule has 2 aliphatic rings. The van der Waals surface area contributed by atoms with Gasteiger partial charge < -0.3 is 15.4 Å². The van der Waals surface area contributed by atoms with E-state index in [2.05, 4.69) is 36.6 Å². The molecule has 2 aliphatic heterocycles. The summed E-state index contributed by atoms with van der Waals surface area (Å²) in [6.07, 6.45) is 3.69. The van der Waals surface area contributed by atoms with Gasteiger partial charge in [0.25, 0.3) is 0 Å². The molecule has 1 fully saturated rings. The van der Waals surface area contributed by atoms with Crippen LogP contribution in [-0.4, -0.2) is 25.1 Å². The zero-order chi connectivity index (χ0) is 14.8. The smallest absolute Gasteiger partial charge is 0.220 e. The van der Waals surface area contributed by atoms with Gasteiger partial charge in [0, 0.05) is 30.6 Å². The van der Waals surface area contributed by atoms with Crippen LogP contribution in [0.25, 0.3) is 0 Å². The summed E-state index contributed by atoms with van der Waals surface area (Å²) in [4.78, 5) is 11.3. The summed E-state index contributed by atoms with van der Waals surface area (Å²) in [6.45, 7) is 5.80. The van der Waals surface area contributed by atoms with Crippen LogP contribution in [0, 0.1) is 13.8 Å². The lowest BCUT2D eigenvalue weighted by molar-refractivity contribution is -0.122. The highest BCUT2D eigenvalue weighted by molar-refractivity contribution is 5.76. The second-order valence-electron chi connectivity index (χ2n) is 6.22. The lowest BCUT2D eigenvalue weighted by atomic mass is 9.95. The van der Waals surface area contributed by atoms with Crippen LogP contribution >= 0.6 is 0 Å².